The number of rotatable bonds is 5. The molecule has 0 spiro atoms. The predicted octanol–water partition coefficient (Wildman–Crippen LogP) is 4.12. The van der Waals surface area contributed by atoms with Gasteiger partial charge >= 0.3 is 0 Å². The Bertz CT molecular complexity index is 1260. The average molecular weight is 415 g/mol. The van der Waals surface area contributed by atoms with Crippen molar-refractivity contribution in [3.05, 3.63) is 59.7 Å². The van der Waals surface area contributed by atoms with E-state index in [0.29, 0.717) is 5.75 Å². The standard InChI is InChI=1S/C19H16N4O3S2.H2/c1-12-3-6-17(26-2)16(9-12)18-15-5-4-14(10-13(15)7-8-20-18)28(24,25)23-19-22-21-11-27-19;/h3-11H,1-2H3,(H,22,23);1H. The molecule has 0 aliphatic carbocycles. The molecule has 2 heterocycles. The highest BCUT2D eigenvalue weighted by molar-refractivity contribution is 7.93. The van der Waals surface area contributed by atoms with Crippen molar-refractivity contribution in [1.29, 1.82) is 0 Å². The lowest BCUT2D eigenvalue weighted by Gasteiger charge is -2.12. The summed E-state index contributed by atoms with van der Waals surface area (Å²) < 4.78 is 33.2. The Morgan fingerprint density at radius 1 is 1.14 bits per heavy atom. The Morgan fingerprint density at radius 3 is 2.75 bits per heavy atom. The first-order chi connectivity index (χ1) is 13.5. The summed E-state index contributed by atoms with van der Waals surface area (Å²) in [7, 11) is -2.14. The van der Waals surface area contributed by atoms with Crippen LogP contribution in [0.4, 0.5) is 5.13 Å². The number of aryl methyl sites for hydroxylation is 1. The van der Waals surface area contributed by atoms with Crippen molar-refractivity contribution in [2.45, 2.75) is 11.8 Å². The fourth-order valence-electron chi connectivity index (χ4n) is 2.94. The third kappa shape index (κ3) is 3.41. The summed E-state index contributed by atoms with van der Waals surface area (Å²) in [6, 6.07) is 12.6. The number of hydrogen-bond donors (Lipinski definition) is 1. The number of pyridine rings is 1. The van der Waals surface area contributed by atoms with Crippen molar-refractivity contribution in [1.82, 2.24) is 15.2 Å². The fraction of sp³-hybridized carbons (Fsp3) is 0.105. The molecule has 1 N–H and O–H groups in total. The molecule has 0 aliphatic heterocycles. The molecular weight excluding hydrogens is 396 g/mol. The Balaban J connectivity index is 0.00000240. The van der Waals surface area contributed by atoms with E-state index in [9.17, 15) is 8.42 Å². The smallest absolute Gasteiger partial charge is 0.263 e. The van der Waals surface area contributed by atoms with E-state index in [4.69, 9.17) is 4.74 Å². The summed E-state index contributed by atoms with van der Waals surface area (Å²) in [6.07, 6.45) is 1.66. The van der Waals surface area contributed by atoms with Gasteiger partial charge in [0.2, 0.25) is 5.13 Å². The first-order valence-corrected chi connectivity index (χ1v) is 10.7. The normalized spacial score (nSPS) is 11.5. The average Bonchev–Trinajstić information content (AvgIpc) is 3.19. The van der Waals surface area contributed by atoms with Crippen molar-refractivity contribution < 1.29 is 14.6 Å². The van der Waals surface area contributed by atoms with Gasteiger partial charge in [-0.05, 0) is 42.6 Å². The van der Waals surface area contributed by atoms with Crippen LogP contribution in [0.15, 0.2) is 59.1 Å². The maximum atomic E-state index is 12.6. The quantitative estimate of drug-likeness (QED) is 0.528. The van der Waals surface area contributed by atoms with Crippen molar-refractivity contribution >= 4 is 37.3 Å². The van der Waals surface area contributed by atoms with Crippen LogP contribution in [0, 0.1) is 6.92 Å². The van der Waals surface area contributed by atoms with Gasteiger partial charge in [0.15, 0.2) is 0 Å². The molecule has 0 unspecified atom stereocenters. The highest BCUT2D eigenvalue weighted by atomic mass is 32.2. The summed E-state index contributed by atoms with van der Waals surface area (Å²) in [6.45, 7) is 2.00. The lowest BCUT2D eigenvalue weighted by atomic mass is 10.0. The van der Waals surface area contributed by atoms with Gasteiger partial charge in [0.05, 0.1) is 17.7 Å². The highest BCUT2D eigenvalue weighted by Gasteiger charge is 2.18. The summed E-state index contributed by atoms with van der Waals surface area (Å²) in [5.41, 5.74) is 4.13. The number of aromatic nitrogens is 3. The summed E-state index contributed by atoms with van der Waals surface area (Å²) in [5.74, 6) is 0.709. The van der Waals surface area contributed by atoms with Crippen LogP contribution >= 0.6 is 11.3 Å². The summed E-state index contributed by atoms with van der Waals surface area (Å²) in [5, 5.41) is 9.18. The van der Waals surface area contributed by atoms with Gasteiger partial charge in [0.25, 0.3) is 10.0 Å². The van der Waals surface area contributed by atoms with Crippen LogP contribution < -0.4 is 9.46 Å². The van der Waals surface area contributed by atoms with Crippen LogP contribution in [0.5, 0.6) is 5.75 Å². The zero-order valence-electron chi connectivity index (χ0n) is 15.1. The molecule has 0 fully saturated rings. The molecule has 0 bridgehead atoms. The largest absolute Gasteiger partial charge is 0.496 e. The number of fused-ring (bicyclic) bond motifs is 1. The Kier molecular flexibility index (Phi) is 4.70. The van der Waals surface area contributed by atoms with Gasteiger partial charge in [-0.3, -0.25) is 9.71 Å². The van der Waals surface area contributed by atoms with Crippen LogP contribution in [0.2, 0.25) is 0 Å². The molecule has 9 heteroatoms. The Morgan fingerprint density at radius 2 is 2.00 bits per heavy atom. The molecule has 7 nitrogen and oxygen atoms in total. The molecule has 0 saturated carbocycles. The van der Waals surface area contributed by atoms with Crippen LogP contribution in [-0.4, -0.2) is 30.7 Å². The van der Waals surface area contributed by atoms with Gasteiger partial charge in [-0.1, -0.05) is 29.0 Å². The molecule has 144 valence electrons. The molecule has 28 heavy (non-hydrogen) atoms. The van der Waals surface area contributed by atoms with Crippen molar-refractivity contribution in [3.8, 4) is 17.0 Å². The van der Waals surface area contributed by atoms with E-state index >= 15 is 0 Å². The first kappa shape index (κ1) is 18.3. The topological polar surface area (TPSA) is 94.1 Å². The van der Waals surface area contributed by atoms with Crippen LogP contribution in [0.25, 0.3) is 22.0 Å². The monoisotopic (exact) mass is 414 g/mol. The van der Waals surface area contributed by atoms with Gasteiger partial charge in [-0.25, -0.2) is 8.42 Å². The minimum absolute atomic E-state index is 0. The lowest BCUT2D eigenvalue weighted by Crippen LogP contribution is -2.12. The summed E-state index contributed by atoms with van der Waals surface area (Å²) >= 11 is 1.12. The van der Waals surface area contributed by atoms with E-state index in [2.05, 4.69) is 19.9 Å². The third-order valence-corrected chi connectivity index (χ3v) is 6.31. The van der Waals surface area contributed by atoms with Crippen LogP contribution in [0.1, 0.15) is 6.99 Å². The van der Waals surface area contributed by atoms with E-state index in [1.807, 2.05) is 25.1 Å². The zero-order chi connectivity index (χ0) is 19.7. The number of nitrogens with zero attached hydrogens (tertiary/aromatic N) is 3. The number of anilines is 1. The SMILES string of the molecule is COc1ccc(C)cc1-c1nccc2cc(S(=O)(=O)Nc3nncs3)ccc12.[HH]. The molecule has 0 atom stereocenters. The van der Waals surface area contributed by atoms with E-state index in [0.717, 1.165) is 38.9 Å². The van der Waals surface area contributed by atoms with E-state index in [1.165, 1.54) is 5.51 Å². The van der Waals surface area contributed by atoms with Gasteiger partial charge in [-0.2, -0.15) is 0 Å². The van der Waals surface area contributed by atoms with E-state index < -0.39 is 10.0 Å². The van der Waals surface area contributed by atoms with Gasteiger partial charge < -0.3 is 4.74 Å². The number of hydrogen-bond acceptors (Lipinski definition) is 7. The Hall–Kier alpha value is -3.04. The maximum Gasteiger partial charge on any atom is 0.263 e. The van der Waals surface area contributed by atoms with E-state index in [-0.39, 0.29) is 11.5 Å². The molecule has 0 aliphatic rings. The number of methoxy groups -OCH3 is 1. The first-order valence-electron chi connectivity index (χ1n) is 8.31. The molecule has 2 aromatic carbocycles. The number of sulfonamides is 1. The van der Waals surface area contributed by atoms with Gasteiger partial charge in [0.1, 0.15) is 11.3 Å². The number of benzene rings is 2. The molecule has 0 radical (unpaired) electrons. The lowest BCUT2D eigenvalue weighted by molar-refractivity contribution is 0.416. The molecule has 2 aromatic heterocycles. The number of ether oxygens (including phenoxy) is 1. The minimum atomic E-state index is -3.76. The molecule has 0 saturated heterocycles. The van der Waals surface area contributed by atoms with Gasteiger partial charge in [-0.15, -0.1) is 10.2 Å². The third-order valence-electron chi connectivity index (χ3n) is 4.24. The second kappa shape index (κ2) is 7.17. The second-order valence-corrected chi connectivity index (χ2v) is 8.61. The maximum absolute atomic E-state index is 12.6. The second-order valence-electron chi connectivity index (χ2n) is 6.10. The van der Waals surface area contributed by atoms with Crippen LogP contribution in [-0.2, 0) is 10.0 Å². The van der Waals surface area contributed by atoms with E-state index in [1.54, 1.807) is 37.6 Å². The summed E-state index contributed by atoms with van der Waals surface area (Å²) in [4.78, 5) is 4.66. The minimum Gasteiger partial charge on any atom is -0.496 e. The molecule has 4 rings (SSSR count). The molecular formula is C19H18N4O3S2. The Labute approximate surface area is 167 Å². The van der Waals surface area contributed by atoms with Crippen molar-refractivity contribution in [3.63, 3.8) is 0 Å². The van der Waals surface area contributed by atoms with Crippen molar-refractivity contribution in [2.24, 2.45) is 0 Å². The molecule has 4 aromatic rings. The number of nitrogens with one attached hydrogen (secondary N) is 1. The molecule has 0 amide bonds. The fourth-order valence-corrected chi connectivity index (χ4v) is 4.66. The van der Waals surface area contributed by atoms with Crippen LogP contribution in [0.3, 0.4) is 0 Å². The van der Waals surface area contributed by atoms with Crippen molar-refractivity contribution in [2.75, 3.05) is 11.8 Å². The zero-order valence-corrected chi connectivity index (χ0v) is 16.7. The highest BCUT2D eigenvalue weighted by Crippen LogP contribution is 2.35. The predicted molar refractivity (Wildman–Crippen MR) is 111 cm³/mol. The van der Waals surface area contributed by atoms with Gasteiger partial charge in [0, 0.05) is 18.6 Å².